The molecule has 0 aliphatic carbocycles. The Bertz CT molecular complexity index is 1230. The van der Waals surface area contributed by atoms with Gasteiger partial charge in [-0.15, -0.1) is 10.2 Å². The molecule has 0 saturated carbocycles. The quantitative estimate of drug-likeness (QED) is 0.322. The highest BCUT2D eigenvalue weighted by Crippen LogP contribution is 2.25. The molecule has 2 aromatic carbocycles. The minimum atomic E-state index is -0.243. The number of thioether (sulfide) groups is 1. The van der Waals surface area contributed by atoms with Gasteiger partial charge >= 0.3 is 0 Å². The molecule has 0 bridgehead atoms. The van der Waals surface area contributed by atoms with Gasteiger partial charge in [0.2, 0.25) is 17.6 Å². The molecule has 0 radical (unpaired) electrons. The second-order valence-corrected chi connectivity index (χ2v) is 8.76. The monoisotopic (exact) mass is 489 g/mol. The second kappa shape index (κ2) is 12.0. The van der Waals surface area contributed by atoms with Crippen molar-refractivity contribution in [2.45, 2.75) is 25.2 Å². The molecular formula is C26H27N5O3S. The van der Waals surface area contributed by atoms with Crippen LogP contribution in [0.1, 0.15) is 18.1 Å². The molecule has 2 heterocycles. The van der Waals surface area contributed by atoms with Gasteiger partial charge in [-0.1, -0.05) is 72.4 Å². The first-order valence-corrected chi connectivity index (χ1v) is 12.3. The lowest BCUT2D eigenvalue weighted by Crippen LogP contribution is -2.40. The maximum atomic E-state index is 12.6. The number of benzene rings is 2. The van der Waals surface area contributed by atoms with Crippen molar-refractivity contribution in [3.8, 4) is 11.6 Å². The number of carbonyl (C=O) groups is 2. The molecule has 0 unspecified atom stereocenters. The summed E-state index contributed by atoms with van der Waals surface area (Å²) < 4.78 is 7.45. The topological polar surface area (TPSA) is 93.3 Å². The highest BCUT2D eigenvalue weighted by atomic mass is 32.2. The van der Waals surface area contributed by atoms with Crippen molar-refractivity contribution in [1.29, 1.82) is 0 Å². The Morgan fingerprint density at radius 3 is 2.34 bits per heavy atom. The van der Waals surface area contributed by atoms with E-state index in [0.29, 0.717) is 36.4 Å². The van der Waals surface area contributed by atoms with E-state index in [1.165, 1.54) is 11.8 Å². The molecule has 1 N–H and O–H groups in total. The summed E-state index contributed by atoms with van der Waals surface area (Å²) in [6.45, 7) is 3.50. The number of nitrogens with zero attached hydrogens (tertiary/aromatic N) is 4. The van der Waals surface area contributed by atoms with Crippen LogP contribution >= 0.6 is 11.8 Å². The number of amides is 2. The second-order valence-electron chi connectivity index (χ2n) is 7.81. The number of furan rings is 1. The Hall–Kier alpha value is -3.85. The van der Waals surface area contributed by atoms with Gasteiger partial charge in [-0.25, -0.2) is 0 Å². The fourth-order valence-corrected chi connectivity index (χ4v) is 4.31. The van der Waals surface area contributed by atoms with Crippen LogP contribution in [0.2, 0.25) is 0 Å². The van der Waals surface area contributed by atoms with Gasteiger partial charge in [0.1, 0.15) is 0 Å². The van der Waals surface area contributed by atoms with E-state index in [0.717, 1.165) is 11.1 Å². The first-order chi connectivity index (χ1) is 17.1. The van der Waals surface area contributed by atoms with E-state index in [2.05, 4.69) is 15.5 Å². The number of nitrogens with one attached hydrogen (secondary N) is 1. The van der Waals surface area contributed by atoms with E-state index in [1.807, 2.05) is 78.2 Å². The van der Waals surface area contributed by atoms with Crippen LogP contribution in [0.5, 0.6) is 0 Å². The van der Waals surface area contributed by atoms with Crippen molar-refractivity contribution >= 4 is 23.6 Å². The average molecular weight is 490 g/mol. The van der Waals surface area contributed by atoms with Crippen LogP contribution in [0.4, 0.5) is 0 Å². The van der Waals surface area contributed by atoms with E-state index in [-0.39, 0.29) is 24.1 Å². The van der Waals surface area contributed by atoms with Crippen molar-refractivity contribution in [2.24, 2.45) is 0 Å². The SMILES string of the molecule is CCN(Cc1ccccc1)C(=O)CNC(=O)CSc1nnc(-c2ccco2)n1Cc1ccccc1. The Morgan fingerprint density at radius 1 is 0.971 bits per heavy atom. The number of carbonyl (C=O) groups excluding carboxylic acids is 2. The predicted molar refractivity (Wildman–Crippen MR) is 135 cm³/mol. The molecule has 0 atom stereocenters. The fraction of sp³-hybridized carbons (Fsp3) is 0.231. The van der Waals surface area contributed by atoms with Crippen LogP contribution in [-0.2, 0) is 22.7 Å². The molecule has 0 aliphatic rings. The van der Waals surface area contributed by atoms with Gasteiger partial charge in [-0.05, 0) is 30.2 Å². The average Bonchev–Trinajstić information content (AvgIpc) is 3.56. The summed E-state index contributed by atoms with van der Waals surface area (Å²) in [4.78, 5) is 26.9. The smallest absolute Gasteiger partial charge is 0.242 e. The Morgan fingerprint density at radius 2 is 1.69 bits per heavy atom. The standard InChI is InChI=1S/C26H27N5O3S/c1-2-30(17-20-10-5-3-6-11-20)24(33)16-27-23(32)19-35-26-29-28-25(22-14-9-15-34-22)31(26)18-21-12-7-4-8-13-21/h3-15H,2,16-19H2,1H3,(H,27,32). The maximum absolute atomic E-state index is 12.6. The van der Waals surface area contributed by atoms with E-state index in [4.69, 9.17) is 4.42 Å². The Kier molecular flexibility index (Phi) is 8.34. The van der Waals surface area contributed by atoms with E-state index >= 15 is 0 Å². The summed E-state index contributed by atoms with van der Waals surface area (Å²) in [7, 11) is 0. The summed E-state index contributed by atoms with van der Waals surface area (Å²) in [5, 5.41) is 11.9. The molecule has 0 spiro atoms. The van der Waals surface area contributed by atoms with E-state index in [9.17, 15) is 9.59 Å². The zero-order chi connectivity index (χ0) is 24.5. The molecular weight excluding hydrogens is 462 g/mol. The van der Waals surface area contributed by atoms with Gasteiger partial charge in [0, 0.05) is 13.1 Å². The van der Waals surface area contributed by atoms with Crippen molar-refractivity contribution in [2.75, 3.05) is 18.8 Å². The number of hydrogen-bond acceptors (Lipinski definition) is 6. The summed E-state index contributed by atoms with van der Waals surface area (Å²) in [6, 6.07) is 23.4. The van der Waals surface area contributed by atoms with Crippen LogP contribution in [-0.4, -0.2) is 50.3 Å². The first kappa shape index (κ1) is 24.3. The van der Waals surface area contributed by atoms with Crippen LogP contribution < -0.4 is 5.32 Å². The van der Waals surface area contributed by atoms with Crippen molar-refractivity contribution in [3.63, 3.8) is 0 Å². The maximum Gasteiger partial charge on any atom is 0.242 e. The molecule has 0 saturated heterocycles. The Labute approximate surface area is 208 Å². The lowest BCUT2D eigenvalue weighted by molar-refractivity contribution is -0.132. The van der Waals surface area contributed by atoms with Gasteiger partial charge in [0.15, 0.2) is 10.9 Å². The zero-order valence-corrected chi connectivity index (χ0v) is 20.3. The van der Waals surface area contributed by atoms with Gasteiger partial charge in [0.05, 0.1) is 25.1 Å². The lowest BCUT2D eigenvalue weighted by atomic mass is 10.2. The third-order valence-corrected chi connectivity index (χ3v) is 6.33. The van der Waals surface area contributed by atoms with Crippen LogP contribution in [0.3, 0.4) is 0 Å². The summed E-state index contributed by atoms with van der Waals surface area (Å²) in [5.41, 5.74) is 2.13. The minimum Gasteiger partial charge on any atom is -0.461 e. The predicted octanol–water partition coefficient (Wildman–Crippen LogP) is 3.84. The highest BCUT2D eigenvalue weighted by molar-refractivity contribution is 7.99. The largest absolute Gasteiger partial charge is 0.461 e. The third kappa shape index (κ3) is 6.60. The normalized spacial score (nSPS) is 10.8. The number of likely N-dealkylation sites (N-methyl/N-ethyl adjacent to an activating group) is 1. The van der Waals surface area contributed by atoms with Crippen molar-refractivity contribution in [1.82, 2.24) is 25.0 Å². The molecule has 35 heavy (non-hydrogen) atoms. The van der Waals surface area contributed by atoms with E-state index in [1.54, 1.807) is 17.2 Å². The van der Waals surface area contributed by atoms with Gasteiger partial charge < -0.3 is 14.6 Å². The summed E-state index contributed by atoms with van der Waals surface area (Å²) in [5.74, 6) is 0.947. The molecule has 0 aliphatic heterocycles. The molecule has 8 nitrogen and oxygen atoms in total. The van der Waals surface area contributed by atoms with Crippen LogP contribution in [0.25, 0.3) is 11.6 Å². The van der Waals surface area contributed by atoms with Gasteiger partial charge in [-0.2, -0.15) is 0 Å². The lowest BCUT2D eigenvalue weighted by Gasteiger charge is -2.21. The number of hydrogen-bond donors (Lipinski definition) is 1. The molecule has 2 amide bonds. The van der Waals surface area contributed by atoms with Crippen LogP contribution in [0.15, 0.2) is 88.6 Å². The molecule has 0 fully saturated rings. The van der Waals surface area contributed by atoms with Crippen molar-refractivity contribution < 1.29 is 14.0 Å². The van der Waals surface area contributed by atoms with Crippen molar-refractivity contribution in [3.05, 3.63) is 90.2 Å². The van der Waals surface area contributed by atoms with Gasteiger partial charge in [0.25, 0.3) is 0 Å². The zero-order valence-electron chi connectivity index (χ0n) is 19.5. The highest BCUT2D eigenvalue weighted by Gasteiger charge is 2.19. The summed E-state index contributed by atoms with van der Waals surface area (Å²) >= 11 is 1.27. The molecule has 4 aromatic rings. The van der Waals surface area contributed by atoms with Crippen LogP contribution in [0, 0.1) is 0 Å². The minimum absolute atomic E-state index is 0.0472. The number of aromatic nitrogens is 3. The van der Waals surface area contributed by atoms with Gasteiger partial charge in [-0.3, -0.25) is 14.2 Å². The number of rotatable bonds is 11. The molecule has 4 rings (SSSR count). The first-order valence-electron chi connectivity index (χ1n) is 11.4. The third-order valence-electron chi connectivity index (χ3n) is 5.36. The molecule has 180 valence electrons. The van der Waals surface area contributed by atoms with E-state index < -0.39 is 0 Å². The fourth-order valence-electron chi connectivity index (χ4n) is 3.54. The molecule has 2 aromatic heterocycles. The Balaban J connectivity index is 1.35. The summed E-state index contributed by atoms with van der Waals surface area (Å²) in [6.07, 6.45) is 1.59. The molecule has 9 heteroatoms.